The van der Waals surface area contributed by atoms with Crippen LogP contribution in [-0.2, 0) is 14.3 Å². The van der Waals surface area contributed by atoms with Crippen LogP contribution in [0.2, 0.25) is 0 Å². The zero-order valence-corrected chi connectivity index (χ0v) is 15.5. The summed E-state index contributed by atoms with van der Waals surface area (Å²) in [6.07, 6.45) is 6.06. The van der Waals surface area contributed by atoms with E-state index >= 15 is 0 Å². The third-order valence-electron chi connectivity index (χ3n) is 7.83. The van der Waals surface area contributed by atoms with Gasteiger partial charge in [0, 0.05) is 11.6 Å². The molecule has 4 rings (SSSR count). The third-order valence-corrected chi connectivity index (χ3v) is 7.83. The second kappa shape index (κ2) is 5.54. The summed E-state index contributed by atoms with van der Waals surface area (Å²) in [6.45, 7) is 7.13. The number of cyclic esters (lactones) is 1. The van der Waals surface area contributed by atoms with Crippen LogP contribution in [0.5, 0.6) is 0 Å². The van der Waals surface area contributed by atoms with Gasteiger partial charge in [0.15, 0.2) is 0 Å². The summed E-state index contributed by atoms with van der Waals surface area (Å²) < 4.78 is 11.2. The molecular weight excluding hydrogens is 320 g/mol. The maximum atomic E-state index is 11.5. The highest BCUT2D eigenvalue weighted by molar-refractivity contribution is 5.85. The molecule has 1 saturated heterocycles. The number of hydrogen-bond acceptors (Lipinski definition) is 5. The molecule has 2 aliphatic heterocycles. The molecule has 3 fully saturated rings. The number of aliphatic hydroxyl groups excluding tert-OH is 2. The van der Waals surface area contributed by atoms with Crippen LogP contribution in [0, 0.1) is 22.7 Å². The number of aliphatic hydroxyl groups is 2. The fourth-order valence-electron chi connectivity index (χ4n) is 6.74. The molecule has 0 amide bonds. The summed E-state index contributed by atoms with van der Waals surface area (Å²) in [6, 6.07) is 0. The summed E-state index contributed by atoms with van der Waals surface area (Å²) >= 11 is 0. The van der Waals surface area contributed by atoms with E-state index in [0.29, 0.717) is 16.9 Å². The van der Waals surface area contributed by atoms with E-state index < -0.39 is 17.9 Å². The number of hydrogen-bond donors (Lipinski definition) is 2. The molecule has 0 radical (unpaired) electrons. The van der Waals surface area contributed by atoms with Gasteiger partial charge in [0.1, 0.15) is 0 Å². The highest BCUT2D eigenvalue weighted by Crippen LogP contribution is 2.66. The normalized spacial score (nSPS) is 48.5. The molecule has 25 heavy (non-hydrogen) atoms. The van der Waals surface area contributed by atoms with Crippen molar-refractivity contribution in [3.63, 3.8) is 0 Å². The topological polar surface area (TPSA) is 76.0 Å². The van der Waals surface area contributed by atoms with Crippen LogP contribution in [0.15, 0.2) is 11.6 Å². The highest BCUT2D eigenvalue weighted by Gasteiger charge is 2.64. The van der Waals surface area contributed by atoms with Crippen molar-refractivity contribution >= 4 is 5.97 Å². The maximum Gasteiger partial charge on any atom is 0.333 e. The molecule has 0 aromatic heterocycles. The van der Waals surface area contributed by atoms with E-state index in [1.807, 2.05) is 0 Å². The van der Waals surface area contributed by atoms with Crippen molar-refractivity contribution in [2.75, 3.05) is 6.61 Å². The van der Waals surface area contributed by atoms with Crippen molar-refractivity contribution in [2.24, 2.45) is 22.7 Å². The molecule has 140 valence electrons. The fraction of sp³-hybridized carbons (Fsp3) is 0.850. The Morgan fingerprint density at radius 2 is 1.96 bits per heavy atom. The molecule has 0 aromatic carbocycles. The minimum Gasteiger partial charge on any atom is -0.429 e. The van der Waals surface area contributed by atoms with Crippen LogP contribution in [0.3, 0.4) is 0 Å². The lowest BCUT2D eigenvalue weighted by Gasteiger charge is -2.60. The molecule has 5 nitrogen and oxygen atoms in total. The van der Waals surface area contributed by atoms with Crippen LogP contribution < -0.4 is 0 Å². The zero-order chi connectivity index (χ0) is 18.0. The van der Waals surface area contributed by atoms with Crippen molar-refractivity contribution in [3.8, 4) is 0 Å². The molecule has 4 aliphatic rings. The lowest BCUT2D eigenvalue weighted by Crippen LogP contribution is -2.58. The molecule has 2 aliphatic carbocycles. The Morgan fingerprint density at radius 1 is 1.20 bits per heavy atom. The lowest BCUT2D eigenvalue weighted by atomic mass is 9.45. The van der Waals surface area contributed by atoms with Gasteiger partial charge in [0.25, 0.3) is 0 Å². The van der Waals surface area contributed by atoms with E-state index in [1.54, 1.807) is 0 Å². The molecular formula is C20H30O5. The van der Waals surface area contributed by atoms with Gasteiger partial charge < -0.3 is 19.7 Å². The molecule has 2 N–H and O–H groups in total. The first-order valence-corrected chi connectivity index (χ1v) is 9.61. The van der Waals surface area contributed by atoms with Gasteiger partial charge in [-0.2, -0.15) is 0 Å². The van der Waals surface area contributed by atoms with Crippen LogP contribution in [0.4, 0.5) is 0 Å². The molecule has 5 heteroatoms. The summed E-state index contributed by atoms with van der Waals surface area (Å²) in [5, 5.41) is 20.3. The first-order valence-electron chi connectivity index (χ1n) is 9.61. The van der Waals surface area contributed by atoms with Gasteiger partial charge in [0.2, 0.25) is 6.29 Å². The number of carbonyl (C=O) groups is 1. The number of fused-ring (bicyclic) bond motifs is 3. The van der Waals surface area contributed by atoms with Crippen LogP contribution in [0.1, 0.15) is 59.3 Å². The number of ether oxygens (including phenoxy) is 2. The van der Waals surface area contributed by atoms with Crippen molar-refractivity contribution in [2.45, 2.75) is 77.3 Å². The Labute approximate surface area is 149 Å². The Kier molecular flexibility index (Phi) is 3.88. The van der Waals surface area contributed by atoms with Gasteiger partial charge >= 0.3 is 5.97 Å². The molecule has 6 atom stereocenters. The summed E-state index contributed by atoms with van der Waals surface area (Å²) in [7, 11) is 0. The zero-order valence-electron chi connectivity index (χ0n) is 15.5. The van der Waals surface area contributed by atoms with E-state index in [-0.39, 0.29) is 24.0 Å². The predicted molar refractivity (Wildman–Crippen MR) is 91.4 cm³/mol. The molecule has 0 bridgehead atoms. The van der Waals surface area contributed by atoms with Crippen molar-refractivity contribution < 1.29 is 24.5 Å². The quantitative estimate of drug-likeness (QED) is 0.749. The summed E-state index contributed by atoms with van der Waals surface area (Å²) in [4.78, 5) is 11.5. The van der Waals surface area contributed by atoms with Gasteiger partial charge in [-0.25, -0.2) is 4.79 Å². The van der Waals surface area contributed by atoms with Crippen LogP contribution >= 0.6 is 0 Å². The lowest BCUT2D eigenvalue weighted by molar-refractivity contribution is -0.178. The fourth-order valence-corrected chi connectivity index (χ4v) is 6.74. The average molecular weight is 350 g/mol. The van der Waals surface area contributed by atoms with Gasteiger partial charge in [-0.3, -0.25) is 0 Å². The van der Waals surface area contributed by atoms with E-state index in [1.165, 1.54) is 18.9 Å². The van der Waals surface area contributed by atoms with Gasteiger partial charge in [-0.05, 0) is 54.8 Å². The maximum absolute atomic E-state index is 11.5. The monoisotopic (exact) mass is 350 g/mol. The molecule has 2 heterocycles. The van der Waals surface area contributed by atoms with Gasteiger partial charge in [-0.15, -0.1) is 0 Å². The first-order chi connectivity index (χ1) is 11.7. The predicted octanol–water partition coefficient (Wildman–Crippen LogP) is 2.55. The first kappa shape index (κ1) is 17.5. The van der Waals surface area contributed by atoms with Gasteiger partial charge in [0.05, 0.1) is 18.3 Å². The van der Waals surface area contributed by atoms with E-state index in [2.05, 4.69) is 20.8 Å². The Bertz CT molecular complexity index is 611. The van der Waals surface area contributed by atoms with E-state index in [4.69, 9.17) is 9.47 Å². The Balaban J connectivity index is 1.68. The van der Waals surface area contributed by atoms with Crippen molar-refractivity contribution in [1.29, 1.82) is 0 Å². The molecule has 2 unspecified atom stereocenters. The summed E-state index contributed by atoms with van der Waals surface area (Å²) in [5.41, 5.74) is 0.377. The van der Waals surface area contributed by atoms with E-state index in [9.17, 15) is 15.0 Å². The minimum atomic E-state index is -1.21. The minimum absolute atomic E-state index is 0.00488. The van der Waals surface area contributed by atoms with Crippen molar-refractivity contribution in [3.05, 3.63) is 11.6 Å². The largest absolute Gasteiger partial charge is 0.429 e. The van der Waals surface area contributed by atoms with Crippen LogP contribution in [-0.4, -0.2) is 40.8 Å². The number of esters is 1. The average Bonchev–Trinajstić information content (AvgIpc) is 3.07. The van der Waals surface area contributed by atoms with Crippen LogP contribution in [0.25, 0.3) is 0 Å². The SMILES string of the molecule is CC1(C)CCC[C@@]2(C)C1CC[C@@]1(CO)O[C@H](C3=CC(=O)OC3O)C[C@@H]12. The Morgan fingerprint density at radius 3 is 2.60 bits per heavy atom. The second-order valence-electron chi connectivity index (χ2n) is 9.49. The molecule has 2 saturated carbocycles. The smallest absolute Gasteiger partial charge is 0.333 e. The third kappa shape index (κ3) is 2.42. The number of carbonyl (C=O) groups excluding carboxylic acids is 1. The molecule has 0 aromatic rings. The van der Waals surface area contributed by atoms with Crippen molar-refractivity contribution in [1.82, 2.24) is 0 Å². The standard InChI is InChI=1S/C20H30O5/c1-18(2)6-4-7-19(3)14(18)5-8-20(11-21)15(19)10-13(25-20)12-9-16(22)24-17(12)23/h9,13-15,17,21,23H,4-8,10-11H2,1-3H3/t13-,14?,15+,17?,19-,20-/m0/s1. The van der Waals surface area contributed by atoms with E-state index in [0.717, 1.165) is 25.7 Å². The second-order valence-corrected chi connectivity index (χ2v) is 9.49. The number of rotatable bonds is 2. The molecule has 0 spiro atoms. The Hall–Kier alpha value is -0.910. The highest BCUT2D eigenvalue weighted by atomic mass is 16.6. The summed E-state index contributed by atoms with van der Waals surface area (Å²) in [5.74, 6) is 0.333. The van der Waals surface area contributed by atoms with Gasteiger partial charge in [-0.1, -0.05) is 27.2 Å².